The maximum Gasteiger partial charge on any atom is 0.250 e. The van der Waals surface area contributed by atoms with Crippen molar-refractivity contribution in [3.05, 3.63) is 36.2 Å². The summed E-state index contributed by atoms with van der Waals surface area (Å²) in [6.07, 6.45) is 4.44. The van der Waals surface area contributed by atoms with Gasteiger partial charge in [-0.2, -0.15) is 0 Å². The van der Waals surface area contributed by atoms with Crippen molar-refractivity contribution in [3.63, 3.8) is 0 Å². The highest BCUT2D eigenvalue weighted by Gasteiger charge is 1.96. The van der Waals surface area contributed by atoms with Crippen molar-refractivity contribution in [1.82, 2.24) is 10.3 Å². The molecule has 0 aliphatic rings. The lowest BCUT2D eigenvalue weighted by atomic mass is 10.3. The average Bonchev–Trinajstić information content (AvgIpc) is 2.15. The second-order valence-electron chi connectivity index (χ2n) is 2.63. The van der Waals surface area contributed by atoms with Gasteiger partial charge in [-0.15, -0.1) is 0 Å². The lowest BCUT2D eigenvalue weighted by molar-refractivity contribution is -0.126. The Morgan fingerprint density at radius 3 is 2.79 bits per heavy atom. The predicted molar refractivity (Wildman–Crippen MR) is 52.1 cm³/mol. The Bertz CT molecular complexity index is 358. The minimum Gasteiger partial charge on any atom is -0.293 e. The van der Waals surface area contributed by atoms with E-state index < -0.39 is 5.91 Å². The van der Waals surface area contributed by atoms with E-state index in [0.29, 0.717) is 5.69 Å². The van der Waals surface area contributed by atoms with Crippen molar-refractivity contribution in [2.75, 3.05) is 0 Å². The standard InChI is InChI=1S/C10H10N2O2/c1-8(13)12-10(14)6-5-9-4-2-3-7-11-9/h2-7H,1H3,(H,12,13,14)/b6-5-. The average molecular weight is 190 g/mol. The maximum absolute atomic E-state index is 11.0. The normalized spacial score (nSPS) is 10.1. The van der Waals surface area contributed by atoms with Crippen molar-refractivity contribution < 1.29 is 9.59 Å². The molecule has 0 atom stereocenters. The van der Waals surface area contributed by atoms with E-state index in [1.807, 2.05) is 6.07 Å². The molecule has 1 aromatic rings. The molecule has 0 bridgehead atoms. The summed E-state index contributed by atoms with van der Waals surface area (Å²) in [6.45, 7) is 1.28. The number of amides is 2. The molecule has 0 saturated carbocycles. The predicted octanol–water partition coefficient (Wildman–Crippen LogP) is 0.758. The quantitative estimate of drug-likeness (QED) is 0.700. The van der Waals surface area contributed by atoms with Crippen LogP contribution in [0.4, 0.5) is 0 Å². The third-order valence-corrected chi connectivity index (χ3v) is 1.39. The van der Waals surface area contributed by atoms with Crippen LogP contribution >= 0.6 is 0 Å². The lowest BCUT2D eigenvalue weighted by Crippen LogP contribution is -2.25. The molecule has 0 aromatic carbocycles. The van der Waals surface area contributed by atoms with Crippen molar-refractivity contribution in [1.29, 1.82) is 0 Å². The molecule has 1 aromatic heterocycles. The molecule has 0 aliphatic carbocycles. The Balaban J connectivity index is 2.56. The van der Waals surface area contributed by atoms with Gasteiger partial charge < -0.3 is 0 Å². The molecule has 1 rings (SSSR count). The fourth-order valence-electron chi connectivity index (χ4n) is 0.851. The largest absolute Gasteiger partial charge is 0.293 e. The monoisotopic (exact) mass is 190 g/mol. The zero-order chi connectivity index (χ0) is 10.4. The van der Waals surface area contributed by atoms with Crippen LogP contribution in [0.1, 0.15) is 12.6 Å². The molecule has 2 amide bonds. The second-order valence-corrected chi connectivity index (χ2v) is 2.63. The van der Waals surface area contributed by atoms with Gasteiger partial charge in [0.05, 0.1) is 5.69 Å². The van der Waals surface area contributed by atoms with Crippen molar-refractivity contribution in [3.8, 4) is 0 Å². The molecule has 0 radical (unpaired) electrons. The van der Waals surface area contributed by atoms with Crippen LogP contribution in [-0.2, 0) is 9.59 Å². The van der Waals surface area contributed by atoms with Gasteiger partial charge in [0.1, 0.15) is 0 Å². The summed E-state index contributed by atoms with van der Waals surface area (Å²) in [7, 11) is 0. The molecule has 72 valence electrons. The Kier molecular flexibility index (Phi) is 3.55. The van der Waals surface area contributed by atoms with Gasteiger partial charge in [0.25, 0.3) is 5.91 Å². The number of nitrogens with one attached hydrogen (secondary N) is 1. The van der Waals surface area contributed by atoms with Gasteiger partial charge in [-0.25, -0.2) is 0 Å². The van der Waals surface area contributed by atoms with E-state index in [1.165, 1.54) is 19.1 Å². The van der Waals surface area contributed by atoms with Crippen molar-refractivity contribution in [2.45, 2.75) is 6.92 Å². The van der Waals surface area contributed by atoms with Gasteiger partial charge in [0.15, 0.2) is 0 Å². The molecule has 4 heteroatoms. The third-order valence-electron chi connectivity index (χ3n) is 1.39. The van der Waals surface area contributed by atoms with Crippen LogP contribution in [0.5, 0.6) is 0 Å². The molecule has 1 heterocycles. The summed E-state index contributed by atoms with van der Waals surface area (Å²) in [4.78, 5) is 25.4. The van der Waals surface area contributed by atoms with Gasteiger partial charge in [-0.05, 0) is 18.2 Å². The number of aromatic nitrogens is 1. The van der Waals surface area contributed by atoms with Crippen molar-refractivity contribution in [2.24, 2.45) is 0 Å². The van der Waals surface area contributed by atoms with E-state index >= 15 is 0 Å². The summed E-state index contributed by atoms with van der Waals surface area (Å²) < 4.78 is 0. The number of imide groups is 1. The van der Waals surface area contributed by atoms with Crippen LogP contribution in [0.25, 0.3) is 6.08 Å². The Hall–Kier alpha value is -1.97. The zero-order valence-electron chi connectivity index (χ0n) is 7.73. The number of rotatable bonds is 2. The first kappa shape index (κ1) is 10.1. The van der Waals surface area contributed by atoms with Gasteiger partial charge in [0.2, 0.25) is 5.91 Å². The number of carbonyl (C=O) groups is 2. The zero-order valence-corrected chi connectivity index (χ0v) is 7.73. The highest BCUT2D eigenvalue weighted by atomic mass is 16.2. The molecule has 0 fully saturated rings. The first-order valence-electron chi connectivity index (χ1n) is 4.09. The number of hydrogen-bond donors (Lipinski definition) is 1. The molecular weight excluding hydrogens is 180 g/mol. The molecule has 14 heavy (non-hydrogen) atoms. The van der Waals surface area contributed by atoms with Crippen LogP contribution in [0, 0.1) is 0 Å². The minimum absolute atomic E-state index is 0.374. The minimum atomic E-state index is -0.442. The molecular formula is C10H10N2O2. The third kappa shape index (κ3) is 3.62. The fraction of sp³-hybridized carbons (Fsp3) is 0.100. The summed E-state index contributed by atoms with van der Waals surface area (Å²) in [6, 6.07) is 5.36. The maximum atomic E-state index is 11.0. The smallest absolute Gasteiger partial charge is 0.250 e. The summed E-state index contributed by atoms with van der Waals surface area (Å²) in [5, 5.41) is 2.12. The van der Waals surface area contributed by atoms with Gasteiger partial charge in [-0.1, -0.05) is 6.07 Å². The molecule has 0 saturated heterocycles. The molecule has 4 nitrogen and oxygen atoms in total. The molecule has 0 unspecified atom stereocenters. The number of pyridine rings is 1. The van der Waals surface area contributed by atoms with Gasteiger partial charge in [0, 0.05) is 19.2 Å². The van der Waals surface area contributed by atoms with E-state index in [4.69, 9.17) is 0 Å². The van der Waals surface area contributed by atoms with E-state index in [0.717, 1.165) is 0 Å². The summed E-state index contributed by atoms with van der Waals surface area (Å²) >= 11 is 0. The van der Waals surface area contributed by atoms with Crippen LogP contribution in [0.2, 0.25) is 0 Å². The van der Waals surface area contributed by atoms with Crippen LogP contribution in [-0.4, -0.2) is 16.8 Å². The molecule has 0 aliphatic heterocycles. The Labute approximate surface area is 81.7 Å². The van der Waals surface area contributed by atoms with Crippen LogP contribution in [0.15, 0.2) is 30.5 Å². The van der Waals surface area contributed by atoms with Crippen molar-refractivity contribution >= 4 is 17.9 Å². The van der Waals surface area contributed by atoms with E-state index in [1.54, 1.807) is 18.3 Å². The highest BCUT2D eigenvalue weighted by Crippen LogP contribution is 1.95. The highest BCUT2D eigenvalue weighted by molar-refractivity contribution is 6.01. The first-order valence-corrected chi connectivity index (χ1v) is 4.09. The van der Waals surface area contributed by atoms with E-state index in [-0.39, 0.29) is 5.91 Å². The topological polar surface area (TPSA) is 59.1 Å². The first-order chi connectivity index (χ1) is 6.68. The van der Waals surface area contributed by atoms with Gasteiger partial charge in [-0.3, -0.25) is 19.9 Å². The number of carbonyl (C=O) groups excluding carboxylic acids is 2. The van der Waals surface area contributed by atoms with Crippen LogP contribution in [0.3, 0.4) is 0 Å². The summed E-state index contributed by atoms with van der Waals surface area (Å²) in [5.41, 5.74) is 0.672. The van der Waals surface area contributed by atoms with E-state index in [2.05, 4.69) is 10.3 Å². The fourth-order valence-corrected chi connectivity index (χ4v) is 0.851. The number of nitrogens with zero attached hydrogens (tertiary/aromatic N) is 1. The van der Waals surface area contributed by atoms with Gasteiger partial charge >= 0.3 is 0 Å². The summed E-state index contributed by atoms with van der Waals surface area (Å²) in [5.74, 6) is -0.816. The molecule has 1 N–H and O–H groups in total. The lowest BCUT2D eigenvalue weighted by Gasteiger charge is -1.93. The molecule has 0 spiro atoms. The SMILES string of the molecule is CC(=O)NC(=O)/C=C\c1ccccn1. The Morgan fingerprint density at radius 1 is 1.43 bits per heavy atom. The second kappa shape index (κ2) is 4.91. The van der Waals surface area contributed by atoms with E-state index in [9.17, 15) is 9.59 Å². The number of hydrogen-bond acceptors (Lipinski definition) is 3. The van der Waals surface area contributed by atoms with Crippen LogP contribution < -0.4 is 5.32 Å². The Morgan fingerprint density at radius 2 is 2.21 bits per heavy atom.